The first-order chi connectivity index (χ1) is 19.1. The highest BCUT2D eigenvalue weighted by Gasteiger charge is 2.40. The molecule has 2 aromatic heterocycles. The lowest BCUT2D eigenvalue weighted by Crippen LogP contribution is -2.45. The fourth-order valence-corrected chi connectivity index (χ4v) is 6.14. The second kappa shape index (κ2) is 8.95. The van der Waals surface area contributed by atoms with Crippen LogP contribution in [0, 0.1) is 11.3 Å². The summed E-state index contributed by atoms with van der Waals surface area (Å²) in [6.07, 6.45) is 6.60. The molecule has 0 saturated heterocycles. The zero-order valence-electron chi connectivity index (χ0n) is 21.4. The monoisotopic (exact) mass is 517 g/mol. The number of aromatic nitrogens is 4. The number of nitrogens with one attached hydrogen (secondary N) is 1. The van der Waals surface area contributed by atoms with Crippen molar-refractivity contribution in [2.24, 2.45) is 0 Å². The van der Waals surface area contributed by atoms with Crippen LogP contribution in [0.1, 0.15) is 63.2 Å². The van der Waals surface area contributed by atoms with Gasteiger partial charge in [0.15, 0.2) is 0 Å². The SMILES string of the molecule is C=CC(=O)N1CCc2nn(-c3ccc(C4CC4)cc3)c3c2C(C1)N(C(=O)c1ccc(C#N)c2[nH]cnc12)CC3. The number of carbonyl (C=O) groups excluding carboxylic acids is 2. The van der Waals surface area contributed by atoms with Crippen LogP contribution in [-0.4, -0.2) is 61.0 Å². The molecule has 4 heterocycles. The van der Waals surface area contributed by atoms with E-state index < -0.39 is 0 Å². The Bertz CT molecular complexity index is 1690. The molecule has 1 unspecified atom stereocenters. The molecule has 2 aliphatic heterocycles. The van der Waals surface area contributed by atoms with Crippen molar-refractivity contribution in [2.45, 2.75) is 37.6 Å². The van der Waals surface area contributed by atoms with Crippen LogP contribution in [0.25, 0.3) is 16.7 Å². The van der Waals surface area contributed by atoms with E-state index in [1.807, 2.05) is 9.58 Å². The quantitative estimate of drug-likeness (QED) is 0.414. The number of amides is 2. The first kappa shape index (κ1) is 23.4. The highest BCUT2D eigenvalue weighted by Crippen LogP contribution is 2.41. The number of hydrogen-bond donors (Lipinski definition) is 1. The minimum Gasteiger partial charge on any atom is -0.343 e. The van der Waals surface area contributed by atoms with E-state index in [4.69, 9.17) is 5.10 Å². The number of hydrogen-bond acceptors (Lipinski definition) is 5. The van der Waals surface area contributed by atoms with Crippen molar-refractivity contribution in [1.29, 1.82) is 5.26 Å². The molecule has 0 spiro atoms. The Balaban J connectivity index is 1.31. The van der Waals surface area contributed by atoms with Gasteiger partial charge in [-0.05, 0) is 54.7 Å². The van der Waals surface area contributed by atoms with Crippen LogP contribution in [0.2, 0.25) is 0 Å². The highest BCUT2D eigenvalue weighted by molar-refractivity contribution is 6.06. The lowest BCUT2D eigenvalue weighted by Gasteiger charge is -2.38. The first-order valence-corrected chi connectivity index (χ1v) is 13.4. The molecule has 1 fully saturated rings. The molecule has 7 rings (SSSR count). The van der Waals surface area contributed by atoms with E-state index in [0.717, 1.165) is 22.6 Å². The topological polar surface area (TPSA) is 111 Å². The van der Waals surface area contributed by atoms with Crippen LogP contribution >= 0.6 is 0 Å². The number of H-pyrrole nitrogens is 1. The van der Waals surface area contributed by atoms with Gasteiger partial charge < -0.3 is 14.8 Å². The Morgan fingerprint density at radius 1 is 1.10 bits per heavy atom. The van der Waals surface area contributed by atoms with E-state index in [1.165, 1.54) is 30.8 Å². The number of benzene rings is 2. The summed E-state index contributed by atoms with van der Waals surface area (Å²) in [5.41, 5.74) is 7.34. The van der Waals surface area contributed by atoms with Gasteiger partial charge in [-0.2, -0.15) is 10.4 Å². The normalized spacial score (nSPS) is 18.4. The first-order valence-electron chi connectivity index (χ1n) is 13.4. The molecule has 0 radical (unpaired) electrons. The van der Waals surface area contributed by atoms with Gasteiger partial charge in [0.05, 0.1) is 46.1 Å². The number of fused-ring (bicyclic) bond motifs is 1. The molecular weight excluding hydrogens is 490 g/mol. The maximum atomic E-state index is 14.1. The Morgan fingerprint density at radius 2 is 1.92 bits per heavy atom. The Kier molecular flexibility index (Phi) is 5.37. The molecule has 0 bridgehead atoms. The third kappa shape index (κ3) is 3.75. The maximum Gasteiger partial charge on any atom is 0.256 e. The Hall–Kier alpha value is -4.71. The molecule has 1 aliphatic carbocycles. The maximum absolute atomic E-state index is 14.1. The summed E-state index contributed by atoms with van der Waals surface area (Å²) in [5, 5.41) is 14.5. The number of aromatic amines is 1. The van der Waals surface area contributed by atoms with Gasteiger partial charge in [0.2, 0.25) is 5.91 Å². The van der Waals surface area contributed by atoms with Gasteiger partial charge >= 0.3 is 0 Å². The summed E-state index contributed by atoms with van der Waals surface area (Å²) in [6, 6.07) is 13.8. The molecular formula is C30H27N7O2. The number of rotatable bonds is 4. The molecule has 1 atom stereocenters. The zero-order chi connectivity index (χ0) is 26.7. The van der Waals surface area contributed by atoms with E-state index >= 15 is 0 Å². The van der Waals surface area contributed by atoms with Gasteiger partial charge in [-0.25, -0.2) is 9.67 Å². The van der Waals surface area contributed by atoms with E-state index in [2.05, 4.69) is 46.9 Å². The molecule has 9 nitrogen and oxygen atoms in total. The van der Waals surface area contributed by atoms with Crippen molar-refractivity contribution in [3.8, 4) is 11.8 Å². The van der Waals surface area contributed by atoms with Crippen LogP contribution < -0.4 is 0 Å². The largest absolute Gasteiger partial charge is 0.343 e. The lowest BCUT2D eigenvalue weighted by molar-refractivity contribution is -0.126. The summed E-state index contributed by atoms with van der Waals surface area (Å²) < 4.78 is 2.04. The van der Waals surface area contributed by atoms with Crippen molar-refractivity contribution >= 4 is 22.8 Å². The van der Waals surface area contributed by atoms with Crippen LogP contribution in [0.5, 0.6) is 0 Å². The second-order valence-electron chi connectivity index (χ2n) is 10.5. The van der Waals surface area contributed by atoms with Gasteiger partial charge in [-0.1, -0.05) is 18.7 Å². The van der Waals surface area contributed by atoms with Crippen LogP contribution in [-0.2, 0) is 17.6 Å². The molecule has 3 aliphatic rings. The third-order valence-electron chi connectivity index (χ3n) is 8.27. The summed E-state index contributed by atoms with van der Waals surface area (Å²) in [4.78, 5) is 37.8. The molecule has 2 aromatic carbocycles. The molecule has 1 saturated carbocycles. The Labute approximate surface area is 225 Å². The summed E-state index contributed by atoms with van der Waals surface area (Å²) >= 11 is 0. The van der Waals surface area contributed by atoms with Crippen molar-refractivity contribution in [1.82, 2.24) is 29.5 Å². The minimum absolute atomic E-state index is 0.156. The number of imidazole rings is 1. The average Bonchev–Trinajstić information content (AvgIpc) is 3.64. The summed E-state index contributed by atoms with van der Waals surface area (Å²) in [7, 11) is 0. The lowest BCUT2D eigenvalue weighted by atomic mass is 9.94. The highest BCUT2D eigenvalue weighted by atomic mass is 16.2. The molecule has 1 N–H and O–H groups in total. The van der Waals surface area contributed by atoms with E-state index in [9.17, 15) is 14.9 Å². The molecule has 194 valence electrons. The van der Waals surface area contributed by atoms with E-state index in [-0.39, 0.29) is 17.9 Å². The Morgan fingerprint density at radius 3 is 2.67 bits per heavy atom. The molecule has 39 heavy (non-hydrogen) atoms. The molecule has 9 heteroatoms. The fourth-order valence-electron chi connectivity index (χ4n) is 6.14. The average molecular weight is 518 g/mol. The second-order valence-corrected chi connectivity index (χ2v) is 10.5. The molecule has 4 aromatic rings. The van der Waals surface area contributed by atoms with Crippen LogP contribution in [0.15, 0.2) is 55.4 Å². The van der Waals surface area contributed by atoms with Crippen LogP contribution in [0.3, 0.4) is 0 Å². The van der Waals surface area contributed by atoms with Crippen molar-refractivity contribution in [2.75, 3.05) is 19.6 Å². The van der Waals surface area contributed by atoms with Crippen molar-refractivity contribution < 1.29 is 9.59 Å². The third-order valence-corrected chi connectivity index (χ3v) is 8.27. The predicted molar refractivity (Wildman–Crippen MR) is 144 cm³/mol. The van der Waals surface area contributed by atoms with Gasteiger partial charge in [0.25, 0.3) is 5.91 Å². The predicted octanol–water partition coefficient (Wildman–Crippen LogP) is 3.81. The van der Waals surface area contributed by atoms with Crippen molar-refractivity contribution in [3.63, 3.8) is 0 Å². The fraction of sp³-hybridized carbons (Fsp3) is 0.300. The van der Waals surface area contributed by atoms with Crippen molar-refractivity contribution in [3.05, 3.63) is 89.0 Å². The van der Waals surface area contributed by atoms with E-state index in [1.54, 1.807) is 17.0 Å². The van der Waals surface area contributed by atoms with Crippen LogP contribution in [0.4, 0.5) is 0 Å². The summed E-state index contributed by atoms with van der Waals surface area (Å²) in [6.45, 7) is 5.03. The number of carbonyl (C=O) groups is 2. The number of nitrogens with zero attached hydrogens (tertiary/aromatic N) is 6. The van der Waals surface area contributed by atoms with Gasteiger partial charge in [-0.3, -0.25) is 9.59 Å². The minimum atomic E-state index is -0.355. The smallest absolute Gasteiger partial charge is 0.256 e. The molecule has 2 amide bonds. The van der Waals surface area contributed by atoms with Gasteiger partial charge in [-0.15, -0.1) is 0 Å². The van der Waals surface area contributed by atoms with Gasteiger partial charge in [0, 0.05) is 38.0 Å². The standard InChI is InChI=1S/C30H27N7O2/c1-2-26(38)35-13-11-23-27-24(37(34-23)21-8-5-19(6-9-21)18-3-4-18)12-14-36(25(27)16-35)30(39)22-10-7-20(15-31)28-29(22)33-17-32-28/h2,5-10,17-18,25H,1,3-4,11-14,16H2,(H,32,33). The van der Waals surface area contributed by atoms with E-state index in [0.29, 0.717) is 60.6 Å². The summed E-state index contributed by atoms with van der Waals surface area (Å²) in [5.74, 6) is 0.358. The van der Waals surface area contributed by atoms with Gasteiger partial charge in [0.1, 0.15) is 11.6 Å². The number of nitriles is 1. The zero-order valence-corrected chi connectivity index (χ0v) is 21.4.